The minimum Gasteiger partial charge on any atom is -0.462 e. The molecule has 0 unspecified atom stereocenters. The van der Waals surface area contributed by atoms with Crippen molar-refractivity contribution in [3.8, 4) is 0 Å². The summed E-state index contributed by atoms with van der Waals surface area (Å²) in [4.78, 5) is 38.1. The first kappa shape index (κ1) is 63.8. The van der Waals surface area contributed by atoms with E-state index in [0.29, 0.717) is 19.3 Å². The van der Waals surface area contributed by atoms with Gasteiger partial charge in [0.2, 0.25) is 0 Å². The summed E-state index contributed by atoms with van der Waals surface area (Å²) in [6.07, 6.45) is 70.3. The minimum absolute atomic E-state index is 0.0930. The van der Waals surface area contributed by atoms with Crippen LogP contribution >= 0.6 is 0 Å². The van der Waals surface area contributed by atoms with Gasteiger partial charge in [-0.2, -0.15) is 0 Å². The second-order valence-electron chi connectivity index (χ2n) is 18.8. The molecular formula is C61H106O6. The van der Waals surface area contributed by atoms with E-state index < -0.39 is 6.10 Å². The average Bonchev–Trinajstić information content (AvgIpc) is 3.33. The Bertz CT molecular complexity index is 1260. The minimum atomic E-state index is -0.797. The molecule has 0 spiro atoms. The number of carbonyl (C=O) groups is 3. The van der Waals surface area contributed by atoms with Gasteiger partial charge < -0.3 is 14.2 Å². The highest BCUT2D eigenvalue weighted by molar-refractivity contribution is 5.71. The summed E-state index contributed by atoms with van der Waals surface area (Å²) in [7, 11) is 0. The quantitative estimate of drug-likeness (QED) is 0.0262. The molecule has 0 amide bonds. The highest BCUT2D eigenvalue weighted by atomic mass is 16.6. The van der Waals surface area contributed by atoms with Gasteiger partial charge in [0.15, 0.2) is 6.10 Å². The molecule has 0 aromatic rings. The molecule has 6 heteroatoms. The summed E-state index contributed by atoms with van der Waals surface area (Å²) in [5, 5.41) is 0. The van der Waals surface area contributed by atoms with Crippen molar-refractivity contribution in [3.63, 3.8) is 0 Å². The Balaban J connectivity index is 4.45. The van der Waals surface area contributed by atoms with E-state index in [0.717, 1.165) is 83.5 Å². The zero-order valence-corrected chi connectivity index (χ0v) is 44.2. The SMILES string of the molecule is CCCCC/C=C\C/C=C\C/C=C\CCCCC(=O)OC[C@H](COC(=O)CCCCCCCCC/C=C\C/C=C\CCCCC)OC(=O)CCCCCCCCC/C=C\CCCCCCCC. The molecule has 0 fully saturated rings. The van der Waals surface area contributed by atoms with E-state index in [-0.39, 0.29) is 31.1 Å². The molecule has 0 heterocycles. The molecule has 0 N–H and O–H groups in total. The standard InChI is InChI=1S/C61H106O6/c1-4-7-10-13-16-19-22-25-28-30-33-36-39-42-45-48-51-54-60(63)66-57-58(56-65-59(62)53-50-47-44-41-38-35-32-27-24-21-18-15-12-9-6-3)67-61(64)55-52-49-46-43-40-37-34-31-29-26-23-20-17-14-11-8-5-2/h16,18-19,21,25-29,32,38,41,58H,4-15,17,20,22-24,30-31,33-37,39-40,42-57H2,1-3H3/b19-16-,21-18-,28-25-,29-26-,32-27-,41-38-/t58-/m1/s1. The zero-order valence-electron chi connectivity index (χ0n) is 44.2. The molecule has 0 saturated carbocycles. The van der Waals surface area contributed by atoms with E-state index in [1.54, 1.807) is 0 Å². The topological polar surface area (TPSA) is 78.9 Å². The summed E-state index contributed by atoms with van der Waals surface area (Å²) in [6, 6.07) is 0. The predicted molar refractivity (Wildman–Crippen MR) is 288 cm³/mol. The van der Waals surface area contributed by atoms with Crippen molar-refractivity contribution in [1.82, 2.24) is 0 Å². The number of hydrogen-bond donors (Lipinski definition) is 0. The van der Waals surface area contributed by atoms with E-state index in [9.17, 15) is 14.4 Å². The molecule has 0 bridgehead atoms. The Morgan fingerprint density at radius 2 is 0.537 bits per heavy atom. The zero-order chi connectivity index (χ0) is 48.6. The fourth-order valence-corrected chi connectivity index (χ4v) is 7.83. The van der Waals surface area contributed by atoms with Gasteiger partial charge in [-0.3, -0.25) is 14.4 Å². The van der Waals surface area contributed by atoms with Crippen LogP contribution in [0.1, 0.15) is 278 Å². The number of esters is 3. The second-order valence-corrected chi connectivity index (χ2v) is 18.8. The summed E-state index contributed by atoms with van der Waals surface area (Å²) in [6.45, 7) is 6.55. The lowest BCUT2D eigenvalue weighted by atomic mass is 10.1. The van der Waals surface area contributed by atoms with Crippen LogP contribution in [0.5, 0.6) is 0 Å². The normalized spacial score (nSPS) is 12.6. The average molecular weight is 936 g/mol. The molecule has 67 heavy (non-hydrogen) atoms. The van der Waals surface area contributed by atoms with Crippen molar-refractivity contribution >= 4 is 17.9 Å². The molecule has 0 aliphatic rings. The van der Waals surface area contributed by atoms with Crippen molar-refractivity contribution in [2.45, 2.75) is 284 Å². The van der Waals surface area contributed by atoms with Crippen molar-refractivity contribution in [3.05, 3.63) is 72.9 Å². The number of carbonyl (C=O) groups excluding carboxylic acids is 3. The van der Waals surface area contributed by atoms with Gasteiger partial charge >= 0.3 is 17.9 Å². The predicted octanol–water partition coefficient (Wildman–Crippen LogP) is 19.0. The molecule has 0 radical (unpaired) electrons. The Hall–Kier alpha value is -3.15. The summed E-state index contributed by atoms with van der Waals surface area (Å²) in [5.74, 6) is -0.937. The van der Waals surface area contributed by atoms with Gasteiger partial charge in [0.1, 0.15) is 13.2 Å². The van der Waals surface area contributed by atoms with Crippen LogP contribution in [0.15, 0.2) is 72.9 Å². The number of hydrogen-bond acceptors (Lipinski definition) is 6. The smallest absolute Gasteiger partial charge is 0.306 e. The third-order valence-electron chi connectivity index (χ3n) is 12.2. The van der Waals surface area contributed by atoms with E-state index in [1.165, 1.54) is 154 Å². The summed E-state index contributed by atoms with van der Waals surface area (Å²) in [5.41, 5.74) is 0. The van der Waals surface area contributed by atoms with E-state index >= 15 is 0 Å². The van der Waals surface area contributed by atoms with E-state index in [1.807, 2.05) is 0 Å². The van der Waals surface area contributed by atoms with Crippen LogP contribution in [0.2, 0.25) is 0 Å². The fraction of sp³-hybridized carbons (Fsp3) is 0.754. The summed E-state index contributed by atoms with van der Waals surface area (Å²) >= 11 is 0. The molecule has 0 aromatic carbocycles. The first-order chi connectivity index (χ1) is 33.0. The van der Waals surface area contributed by atoms with Crippen LogP contribution in [0.4, 0.5) is 0 Å². The largest absolute Gasteiger partial charge is 0.462 e. The van der Waals surface area contributed by atoms with Crippen LogP contribution < -0.4 is 0 Å². The van der Waals surface area contributed by atoms with Gasteiger partial charge in [0.05, 0.1) is 0 Å². The van der Waals surface area contributed by atoms with Crippen LogP contribution in [0.25, 0.3) is 0 Å². The maximum atomic E-state index is 12.8. The Kier molecular flexibility index (Phi) is 52.8. The van der Waals surface area contributed by atoms with Crippen LogP contribution in [0, 0.1) is 0 Å². The van der Waals surface area contributed by atoms with Gasteiger partial charge in [-0.05, 0) is 116 Å². The van der Waals surface area contributed by atoms with E-state index in [2.05, 4.69) is 93.7 Å². The van der Waals surface area contributed by atoms with Crippen LogP contribution in [-0.2, 0) is 28.6 Å². The first-order valence-corrected chi connectivity index (χ1v) is 28.4. The molecule has 0 aromatic heterocycles. The van der Waals surface area contributed by atoms with Gasteiger partial charge in [-0.15, -0.1) is 0 Å². The molecule has 0 saturated heterocycles. The molecular weight excluding hydrogens is 829 g/mol. The number of allylic oxidation sites excluding steroid dienone is 12. The number of ether oxygens (including phenoxy) is 3. The number of rotatable bonds is 51. The Morgan fingerprint density at radius 3 is 0.910 bits per heavy atom. The molecule has 1 atom stereocenters. The van der Waals surface area contributed by atoms with Gasteiger partial charge in [-0.1, -0.05) is 216 Å². The van der Waals surface area contributed by atoms with Gasteiger partial charge in [0.25, 0.3) is 0 Å². The maximum Gasteiger partial charge on any atom is 0.306 e. The highest BCUT2D eigenvalue weighted by Gasteiger charge is 2.19. The maximum absolute atomic E-state index is 12.8. The monoisotopic (exact) mass is 935 g/mol. The lowest BCUT2D eigenvalue weighted by molar-refractivity contribution is -0.167. The third kappa shape index (κ3) is 53.7. The first-order valence-electron chi connectivity index (χ1n) is 28.4. The lowest BCUT2D eigenvalue weighted by Gasteiger charge is -2.18. The van der Waals surface area contributed by atoms with Gasteiger partial charge in [-0.25, -0.2) is 0 Å². The third-order valence-corrected chi connectivity index (χ3v) is 12.2. The van der Waals surface area contributed by atoms with Crippen molar-refractivity contribution < 1.29 is 28.6 Å². The second kappa shape index (κ2) is 55.4. The fourth-order valence-electron chi connectivity index (χ4n) is 7.83. The molecule has 0 rings (SSSR count). The molecule has 6 nitrogen and oxygen atoms in total. The summed E-state index contributed by atoms with van der Waals surface area (Å²) < 4.78 is 16.8. The lowest BCUT2D eigenvalue weighted by Crippen LogP contribution is -2.30. The van der Waals surface area contributed by atoms with Crippen molar-refractivity contribution in [2.24, 2.45) is 0 Å². The van der Waals surface area contributed by atoms with Crippen molar-refractivity contribution in [1.29, 1.82) is 0 Å². The van der Waals surface area contributed by atoms with E-state index in [4.69, 9.17) is 14.2 Å². The van der Waals surface area contributed by atoms with Crippen LogP contribution in [-0.4, -0.2) is 37.2 Å². The highest BCUT2D eigenvalue weighted by Crippen LogP contribution is 2.14. The Labute approximate surface area is 414 Å². The number of unbranched alkanes of at least 4 members (excludes halogenated alkanes) is 28. The Morgan fingerprint density at radius 1 is 0.299 bits per heavy atom. The molecule has 0 aliphatic heterocycles. The molecule has 0 aliphatic carbocycles. The van der Waals surface area contributed by atoms with Crippen molar-refractivity contribution in [2.75, 3.05) is 13.2 Å². The van der Waals surface area contributed by atoms with Gasteiger partial charge in [0, 0.05) is 19.3 Å². The van der Waals surface area contributed by atoms with Crippen LogP contribution in [0.3, 0.4) is 0 Å². The molecule has 386 valence electrons.